The van der Waals surface area contributed by atoms with Gasteiger partial charge < -0.3 is 5.32 Å². The number of rotatable bonds is 5. The Balaban J connectivity index is 1.77. The van der Waals surface area contributed by atoms with Crippen LogP contribution in [0.1, 0.15) is 45.1 Å². The molecule has 3 heteroatoms. The Morgan fingerprint density at radius 1 is 1.15 bits per heavy atom. The van der Waals surface area contributed by atoms with Crippen LogP contribution in [-0.2, 0) is 6.42 Å². The molecule has 0 bridgehead atoms. The molecule has 0 aromatic heterocycles. The minimum Gasteiger partial charge on any atom is -0.314 e. The Hall–Kier alpha value is -0.960. The van der Waals surface area contributed by atoms with E-state index in [0.717, 1.165) is 30.0 Å². The summed E-state index contributed by atoms with van der Waals surface area (Å²) < 4.78 is 26.2. The first-order valence-electron chi connectivity index (χ1n) is 7.73. The first kappa shape index (κ1) is 15.4. The van der Waals surface area contributed by atoms with Crippen LogP contribution in [-0.4, -0.2) is 12.6 Å². The minimum absolute atomic E-state index is 0.488. The predicted molar refractivity (Wildman–Crippen MR) is 78.6 cm³/mol. The second-order valence-electron chi connectivity index (χ2n) is 6.35. The van der Waals surface area contributed by atoms with Gasteiger partial charge in [0, 0.05) is 12.1 Å². The van der Waals surface area contributed by atoms with Crippen molar-refractivity contribution < 1.29 is 8.78 Å². The van der Waals surface area contributed by atoms with Crippen LogP contribution in [0.3, 0.4) is 0 Å². The summed E-state index contributed by atoms with van der Waals surface area (Å²) in [5.74, 6) is 0.583. The lowest BCUT2D eigenvalue weighted by Crippen LogP contribution is -2.36. The fraction of sp³-hybridized carbons (Fsp3) is 0.647. The van der Waals surface area contributed by atoms with Crippen LogP contribution in [0.5, 0.6) is 0 Å². The average Bonchev–Trinajstić information content (AvgIpc) is 2.38. The summed E-state index contributed by atoms with van der Waals surface area (Å²) in [7, 11) is 0. The van der Waals surface area contributed by atoms with E-state index in [1.54, 1.807) is 0 Å². The smallest absolute Gasteiger partial charge is 0.126 e. The van der Waals surface area contributed by atoms with Gasteiger partial charge in [-0.15, -0.1) is 0 Å². The van der Waals surface area contributed by atoms with Crippen LogP contribution in [0, 0.1) is 23.5 Å². The van der Waals surface area contributed by atoms with Gasteiger partial charge in [-0.1, -0.05) is 26.7 Å². The highest BCUT2D eigenvalue weighted by Gasteiger charge is 2.23. The molecule has 2 unspecified atom stereocenters. The van der Waals surface area contributed by atoms with Crippen molar-refractivity contribution in [2.24, 2.45) is 11.8 Å². The van der Waals surface area contributed by atoms with E-state index in [0.29, 0.717) is 12.5 Å². The van der Waals surface area contributed by atoms with Gasteiger partial charge in [-0.25, -0.2) is 8.78 Å². The van der Waals surface area contributed by atoms with Gasteiger partial charge in [0.2, 0.25) is 0 Å². The van der Waals surface area contributed by atoms with Crippen LogP contribution in [0.4, 0.5) is 8.78 Å². The molecular weight excluding hydrogens is 256 g/mol. The molecule has 0 heterocycles. The summed E-state index contributed by atoms with van der Waals surface area (Å²) >= 11 is 0. The zero-order valence-electron chi connectivity index (χ0n) is 12.5. The lowest BCUT2D eigenvalue weighted by atomic mass is 9.79. The Kier molecular flexibility index (Phi) is 5.53. The maximum absolute atomic E-state index is 13.1. The molecule has 0 spiro atoms. The fourth-order valence-corrected chi connectivity index (χ4v) is 3.19. The lowest BCUT2D eigenvalue weighted by molar-refractivity contribution is 0.232. The van der Waals surface area contributed by atoms with Gasteiger partial charge in [0.25, 0.3) is 0 Å². The van der Waals surface area contributed by atoms with Crippen LogP contribution in [0.2, 0.25) is 0 Å². The number of benzene rings is 1. The van der Waals surface area contributed by atoms with Crippen LogP contribution < -0.4 is 5.32 Å². The summed E-state index contributed by atoms with van der Waals surface area (Å²) in [5, 5.41) is 3.55. The number of halogens is 2. The maximum Gasteiger partial charge on any atom is 0.126 e. The molecule has 1 saturated carbocycles. The molecule has 1 nitrogen and oxygen atoms in total. The Bertz CT molecular complexity index is 411. The van der Waals surface area contributed by atoms with Crippen molar-refractivity contribution in [1.82, 2.24) is 5.32 Å². The second-order valence-corrected chi connectivity index (χ2v) is 6.35. The van der Waals surface area contributed by atoms with E-state index in [4.69, 9.17) is 0 Å². The largest absolute Gasteiger partial charge is 0.314 e. The van der Waals surface area contributed by atoms with Crippen molar-refractivity contribution in [1.29, 1.82) is 0 Å². The quantitative estimate of drug-likeness (QED) is 0.848. The third kappa shape index (κ3) is 4.55. The van der Waals surface area contributed by atoms with Crippen LogP contribution >= 0.6 is 0 Å². The molecule has 1 aromatic rings. The van der Waals surface area contributed by atoms with Crippen molar-refractivity contribution in [3.8, 4) is 0 Å². The highest BCUT2D eigenvalue weighted by molar-refractivity contribution is 5.18. The van der Waals surface area contributed by atoms with Crippen molar-refractivity contribution in [3.63, 3.8) is 0 Å². The van der Waals surface area contributed by atoms with Gasteiger partial charge in [-0.3, -0.25) is 0 Å². The van der Waals surface area contributed by atoms with E-state index in [-0.39, 0.29) is 0 Å². The summed E-state index contributed by atoms with van der Waals surface area (Å²) in [6.45, 7) is 5.38. The molecule has 1 aliphatic carbocycles. The molecule has 0 radical (unpaired) electrons. The van der Waals surface area contributed by atoms with E-state index in [1.807, 2.05) is 0 Å². The zero-order chi connectivity index (χ0) is 14.5. The van der Waals surface area contributed by atoms with Gasteiger partial charge in [0.15, 0.2) is 0 Å². The average molecular weight is 281 g/mol. The normalized spacial score (nSPS) is 23.2. The molecule has 1 aromatic carbocycles. The monoisotopic (exact) mass is 281 g/mol. The van der Waals surface area contributed by atoms with Gasteiger partial charge in [0.1, 0.15) is 11.6 Å². The van der Waals surface area contributed by atoms with Crippen LogP contribution in [0.15, 0.2) is 18.2 Å². The minimum atomic E-state index is -0.488. The molecule has 2 rings (SSSR count). The number of hydrogen-bond donors (Lipinski definition) is 1. The molecule has 1 N–H and O–H groups in total. The molecule has 0 aliphatic heterocycles. The standard InChI is InChI=1S/C17H25F2N/c1-12(2)14-4-3-5-17(10-14)20-7-6-13-8-15(18)11-16(19)9-13/h8-9,11-12,14,17,20H,3-7,10H2,1-2H3. The predicted octanol–water partition coefficient (Wildman–Crippen LogP) is 4.31. The third-order valence-electron chi connectivity index (χ3n) is 4.43. The highest BCUT2D eigenvalue weighted by Crippen LogP contribution is 2.29. The van der Waals surface area contributed by atoms with E-state index in [2.05, 4.69) is 19.2 Å². The topological polar surface area (TPSA) is 12.0 Å². The summed E-state index contributed by atoms with van der Waals surface area (Å²) in [6.07, 6.45) is 5.76. The maximum atomic E-state index is 13.1. The van der Waals surface area contributed by atoms with Crippen molar-refractivity contribution in [2.75, 3.05) is 6.54 Å². The van der Waals surface area contributed by atoms with Gasteiger partial charge in [-0.05, 0) is 55.3 Å². The highest BCUT2D eigenvalue weighted by atomic mass is 19.1. The van der Waals surface area contributed by atoms with Gasteiger partial charge >= 0.3 is 0 Å². The molecule has 20 heavy (non-hydrogen) atoms. The molecule has 1 fully saturated rings. The first-order chi connectivity index (χ1) is 9.54. The van der Waals surface area contributed by atoms with Gasteiger partial charge in [0.05, 0.1) is 0 Å². The molecular formula is C17H25F2N. The molecule has 0 saturated heterocycles. The second kappa shape index (κ2) is 7.16. The number of hydrogen-bond acceptors (Lipinski definition) is 1. The molecule has 112 valence electrons. The van der Waals surface area contributed by atoms with Crippen LogP contribution in [0.25, 0.3) is 0 Å². The van der Waals surface area contributed by atoms with Crippen molar-refractivity contribution in [2.45, 2.75) is 52.0 Å². The van der Waals surface area contributed by atoms with Crippen molar-refractivity contribution in [3.05, 3.63) is 35.4 Å². The van der Waals surface area contributed by atoms with E-state index < -0.39 is 11.6 Å². The molecule has 2 atom stereocenters. The lowest BCUT2D eigenvalue weighted by Gasteiger charge is -2.32. The van der Waals surface area contributed by atoms with E-state index >= 15 is 0 Å². The third-order valence-corrected chi connectivity index (χ3v) is 4.43. The van der Waals surface area contributed by atoms with Crippen molar-refractivity contribution >= 4 is 0 Å². The molecule has 0 amide bonds. The Morgan fingerprint density at radius 3 is 2.50 bits per heavy atom. The Labute approximate surface area is 120 Å². The van der Waals surface area contributed by atoms with Gasteiger partial charge in [-0.2, -0.15) is 0 Å². The summed E-state index contributed by atoms with van der Waals surface area (Å²) in [6, 6.07) is 4.32. The zero-order valence-corrected chi connectivity index (χ0v) is 12.5. The summed E-state index contributed by atoms with van der Waals surface area (Å²) in [5.41, 5.74) is 0.728. The SMILES string of the molecule is CC(C)C1CCCC(NCCc2cc(F)cc(F)c2)C1. The summed E-state index contributed by atoms with van der Waals surface area (Å²) in [4.78, 5) is 0. The Morgan fingerprint density at radius 2 is 1.85 bits per heavy atom. The van der Waals surface area contributed by atoms with E-state index in [9.17, 15) is 8.78 Å². The number of nitrogens with one attached hydrogen (secondary N) is 1. The first-order valence-corrected chi connectivity index (χ1v) is 7.73. The fourth-order valence-electron chi connectivity index (χ4n) is 3.19. The molecule has 1 aliphatic rings. The van der Waals surface area contributed by atoms with E-state index in [1.165, 1.54) is 37.8 Å².